The molecule has 58 valence electrons. The molecule has 0 aromatic heterocycles. The highest BCUT2D eigenvalue weighted by Gasteiger charge is 2.15. The maximum Gasteiger partial charge on any atom is 0.121 e. The SMILES string of the molecule is Nc1ccc(O)c2c1NCC2. The van der Waals surface area contributed by atoms with Gasteiger partial charge in [0, 0.05) is 12.1 Å². The minimum atomic E-state index is 0.346. The summed E-state index contributed by atoms with van der Waals surface area (Å²) in [7, 11) is 0. The Morgan fingerprint density at radius 1 is 1.45 bits per heavy atom. The third-order valence-corrected chi connectivity index (χ3v) is 2.00. The Hall–Kier alpha value is -1.38. The summed E-state index contributed by atoms with van der Waals surface area (Å²) in [4.78, 5) is 0. The van der Waals surface area contributed by atoms with Gasteiger partial charge in [0.05, 0.1) is 11.4 Å². The third-order valence-electron chi connectivity index (χ3n) is 2.00. The highest BCUT2D eigenvalue weighted by molar-refractivity contribution is 5.75. The van der Waals surface area contributed by atoms with E-state index < -0.39 is 0 Å². The zero-order chi connectivity index (χ0) is 7.84. The van der Waals surface area contributed by atoms with Crippen molar-refractivity contribution in [1.29, 1.82) is 0 Å². The summed E-state index contributed by atoms with van der Waals surface area (Å²) in [6.45, 7) is 0.872. The lowest BCUT2D eigenvalue weighted by Crippen LogP contribution is -1.95. The van der Waals surface area contributed by atoms with E-state index in [4.69, 9.17) is 5.73 Å². The molecule has 0 unspecified atom stereocenters. The van der Waals surface area contributed by atoms with E-state index in [1.165, 1.54) is 0 Å². The van der Waals surface area contributed by atoms with Crippen molar-refractivity contribution >= 4 is 11.4 Å². The first kappa shape index (κ1) is 6.34. The maximum absolute atomic E-state index is 9.36. The number of rotatable bonds is 0. The molecule has 2 rings (SSSR count). The molecule has 0 aliphatic carbocycles. The van der Waals surface area contributed by atoms with Crippen LogP contribution < -0.4 is 11.1 Å². The summed E-state index contributed by atoms with van der Waals surface area (Å²) in [5.41, 5.74) is 8.24. The van der Waals surface area contributed by atoms with E-state index in [1.807, 2.05) is 0 Å². The van der Waals surface area contributed by atoms with Crippen LogP contribution in [-0.4, -0.2) is 11.7 Å². The van der Waals surface area contributed by atoms with E-state index in [0.29, 0.717) is 5.75 Å². The minimum Gasteiger partial charge on any atom is -0.508 e. The van der Waals surface area contributed by atoms with Crippen LogP contribution in [0.25, 0.3) is 0 Å². The number of anilines is 2. The van der Waals surface area contributed by atoms with Crippen molar-refractivity contribution in [2.75, 3.05) is 17.6 Å². The Labute approximate surface area is 64.8 Å². The van der Waals surface area contributed by atoms with E-state index in [2.05, 4.69) is 5.32 Å². The predicted molar refractivity (Wildman–Crippen MR) is 44.7 cm³/mol. The van der Waals surface area contributed by atoms with Crippen LogP contribution in [0, 0.1) is 0 Å². The molecule has 1 heterocycles. The van der Waals surface area contributed by atoms with Crippen molar-refractivity contribution in [2.45, 2.75) is 6.42 Å². The molecule has 11 heavy (non-hydrogen) atoms. The van der Waals surface area contributed by atoms with Gasteiger partial charge in [0.1, 0.15) is 5.75 Å². The molecule has 1 aromatic rings. The smallest absolute Gasteiger partial charge is 0.121 e. The van der Waals surface area contributed by atoms with Crippen molar-refractivity contribution in [3.63, 3.8) is 0 Å². The van der Waals surface area contributed by atoms with E-state index >= 15 is 0 Å². The molecule has 4 N–H and O–H groups in total. The van der Waals surface area contributed by atoms with Gasteiger partial charge in [0.2, 0.25) is 0 Å². The number of nitrogens with one attached hydrogen (secondary N) is 1. The molecule has 0 fully saturated rings. The van der Waals surface area contributed by atoms with Crippen molar-refractivity contribution in [3.8, 4) is 5.75 Å². The standard InChI is InChI=1S/C8H10N2O/c9-6-1-2-7(11)5-3-4-10-8(5)6/h1-2,10-11H,3-4,9H2. The zero-order valence-electron chi connectivity index (χ0n) is 6.09. The van der Waals surface area contributed by atoms with Crippen molar-refractivity contribution < 1.29 is 5.11 Å². The van der Waals surface area contributed by atoms with Crippen LogP contribution in [0.15, 0.2) is 12.1 Å². The van der Waals surface area contributed by atoms with Gasteiger partial charge in [-0.3, -0.25) is 0 Å². The molecular weight excluding hydrogens is 140 g/mol. The Kier molecular flexibility index (Phi) is 1.18. The average Bonchev–Trinajstić information content (AvgIpc) is 2.45. The largest absolute Gasteiger partial charge is 0.508 e. The number of phenolic OH excluding ortho intramolecular Hbond substituents is 1. The van der Waals surface area contributed by atoms with Crippen molar-refractivity contribution in [1.82, 2.24) is 0 Å². The molecule has 1 aliphatic rings. The van der Waals surface area contributed by atoms with E-state index in [-0.39, 0.29) is 0 Å². The molecule has 0 radical (unpaired) electrons. The van der Waals surface area contributed by atoms with Crippen LogP contribution in [0.1, 0.15) is 5.56 Å². The van der Waals surface area contributed by atoms with Gasteiger partial charge in [-0.25, -0.2) is 0 Å². The molecule has 0 spiro atoms. The monoisotopic (exact) mass is 150 g/mol. The Balaban J connectivity index is 2.64. The zero-order valence-corrected chi connectivity index (χ0v) is 6.09. The normalized spacial score (nSPS) is 14.2. The number of phenols is 1. The van der Waals surface area contributed by atoms with Gasteiger partial charge in [0.15, 0.2) is 0 Å². The molecular formula is C8H10N2O. The Morgan fingerprint density at radius 3 is 3.00 bits per heavy atom. The highest BCUT2D eigenvalue weighted by atomic mass is 16.3. The van der Waals surface area contributed by atoms with Crippen LogP contribution in [0.4, 0.5) is 11.4 Å². The average molecular weight is 150 g/mol. The first-order valence-corrected chi connectivity index (χ1v) is 3.63. The first-order valence-electron chi connectivity index (χ1n) is 3.63. The minimum absolute atomic E-state index is 0.346. The number of hydrogen-bond donors (Lipinski definition) is 3. The van der Waals surface area contributed by atoms with Gasteiger partial charge < -0.3 is 16.2 Å². The second-order valence-electron chi connectivity index (χ2n) is 2.70. The lowest BCUT2D eigenvalue weighted by molar-refractivity contribution is 0.470. The lowest BCUT2D eigenvalue weighted by Gasteiger charge is -2.04. The molecule has 3 nitrogen and oxygen atoms in total. The molecule has 0 bridgehead atoms. The number of benzene rings is 1. The summed E-state index contributed by atoms with van der Waals surface area (Å²) >= 11 is 0. The van der Waals surface area contributed by atoms with Crippen LogP contribution in [0.2, 0.25) is 0 Å². The fourth-order valence-corrected chi connectivity index (χ4v) is 1.43. The van der Waals surface area contributed by atoms with Gasteiger partial charge in [-0.2, -0.15) is 0 Å². The number of nitrogens with two attached hydrogens (primary N) is 1. The fraction of sp³-hybridized carbons (Fsp3) is 0.250. The molecule has 0 saturated carbocycles. The van der Waals surface area contributed by atoms with Gasteiger partial charge >= 0.3 is 0 Å². The van der Waals surface area contributed by atoms with Gasteiger partial charge in [-0.15, -0.1) is 0 Å². The first-order chi connectivity index (χ1) is 5.29. The van der Waals surface area contributed by atoms with E-state index in [0.717, 1.165) is 29.9 Å². The topological polar surface area (TPSA) is 58.3 Å². The molecule has 1 aromatic carbocycles. The van der Waals surface area contributed by atoms with Gasteiger partial charge in [-0.05, 0) is 18.6 Å². The molecule has 3 heteroatoms. The number of hydrogen-bond acceptors (Lipinski definition) is 3. The molecule has 1 aliphatic heterocycles. The highest BCUT2D eigenvalue weighted by Crippen LogP contribution is 2.34. The number of fused-ring (bicyclic) bond motifs is 1. The molecule has 0 saturated heterocycles. The van der Waals surface area contributed by atoms with Crippen LogP contribution in [0.3, 0.4) is 0 Å². The summed E-state index contributed by atoms with van der Waals surface area (Å²) in [6.07, 6.45) is 0.867. The Bertz CT molecular complexity index is 267. The second kappa shape index (κ2) is 2.05. The Morgan fingerprint density at radius 2 is 2.27 bits per heavy atom. The van der Waals surface area contributed by atoms with E-state index in [1.54, 1.807) is 12.1 Å². The van der Waals surface area contributed by atoms with Gasteiger partial charge in [0.25, 0.3) is 0 Å². The summed E-state index contributed by atoms with van der Waals surface area (Å²) in [6, 6.07) is 3.35. The fourth-order valence-electron chi connectivity index (χ4n) is 1.43. The number of nitrogen functional groups attached to an aromatic ring is 1. The summed E-state index contributed by atoms with van der Waals surface area (Å²) < 4.78 is 0. The third kappa shape index (κ3) is 0.808. The molecule has 0 amide bonds. The predicted octanol–water partition coefficient (Wildman–Crippen LogP) is 0.942. The summed E-state index contributed by atoms with van der Waals surface area (Å²) in [5, 5.41) is 12.5. The van der Waals surface area contributed by atoms with Crippen LogP contribution >= 0.6 is 0 Å². The second-order valence-corrected chi connectivity index (χ2v) is 2.70. The van der Waals surface area contributed by atoms with Crippen molar-refractivity contribution in [2.24, 2.45) is 0 Å². The maximum atomic E-state index is 9.36. The van der Waals surface area contributed by atoms with Crippen LogP contribution in [0.5, 0.6) is 5.75 Å². The number of aromatic hydroxyl groups is 1. The lowest BCUT2D eigenvalue weighted by atomic mass is 10.1. The van der Waals surface area contributed by atoms with Crippen molar-refractivity contribution in [3.05, 3.63) is 17.7 Å². The van der Waals surface area contributed by atoms with Gasteiger partial charge in [-0.1, -0.05) is 0 Å². The molecule has 0 atom stereocenters. The quantitative estimate of drug-likeness (QED) is 0.381. The summed E-state index contributed by atoms with van der Waals surface area (Å²) in [5.74, 6) is 0.346. The van der Waals surface area contributed by atoms with E-state index in [9.17, 15) is 5.11 Å². The van der Waals surface area contributed by atoms with Crippen LogP contribution in [-0.2, 0) is 6.42 Å².